The summed E-state index contributed by atoms with van der Waals surface area (Å²) in [6.45, 7) is 12.3. The molecule has 0 bridgehead atoms. The van der Waals surface area contributed by atoms with E-state index in [2.05, 4.69) is 25.7 Å². The normalized spacial score (nSPS) is 8.00. The van der Waals surface area contributed by atoms with Crippen LogP contribution >= 0.6 is 0 Å². The first-order valence-electron chi connectivity index (χ1n) is 2.66. The topological polar surface area (TPSA) is 3.24 Å². The minimum atomic E-state index is 0. The van der Waals surface area contributed by atoms with E-state index in [-0.39, 0.29) is 26.0 Å². The minimum Gasteiger partial charge on any atom is -0.363 e. The second-order valence-electron chi connectivity index (χ2n) is 1.43. The fraction of sp³-hybridized carbons (Fsp3) is 0.714. The monoisotopic (exact) mass is 166 g/mol. The van der Waals surface area contributed by atoms with Crippen LogP contribution in [0.3, 0.4) is 0 Å². The third-order valence-corrected chi connectivity index (χ3v) is 1.08. The summed E-state index contributed by atoms with van der Waals surface area (Å²) in [7, 11) is 0. The molecule has 0 saturated carbocycles. The quantitative estimate of drug-likeness (QED) is 0.576. The van der Waals surface area contributed by atoms with Crippen molar-refractivity contribution < 1.29 is 18.6 Å². The van der Waals surface area contributed by atoms with Gasteiger partial charge in [-0.25, -0.2) is 0 Å². The summed E-state index contributed by atoms with van der Waals surface area (Å²) in [5.41, 5.74) is 0. The van der Waals surface area contributed by atoms with Gasteiger partial charge in [-0.1, -0.05) is 14.4 Å². The first-order chi connectivity index (χ1) is 3.35. The van der Waals surface area contributed by atoms with E-state index < -0.39 is 0 Å². The molecule has 1 radical (unpaired) electrons. The second-order valence-corrected chi connectivity index (χ2v) is 1.43. The van der Waals surface area contributed by atoms with Crippen LogP contribution < -0.4 is 0 Å². The molecule has 0 fully saturated rings. The van der Waals surface area contributed by atoms with Crippen molar-refractivity contribution in [3.8, 4) is 0 Å². The standard InChI is InChI=1S/C6H13N.CH4.V/c1-4-7(5-2)6-3;;/h1-2,4-6H2,3H3;1H4;/q-2;;+2. The van der Waals surface area contributed by atoms with Crippen molar-refractivity contribution in [3.05, 3.63) is 13.8 Å². The van der Waals surface area contributed by atoms with Gasteiger partial charge in [0.05, 0.1) is 0 Å². The molecule has 0 N–H and O–H groups in total. The van der Waals surface area contributed by atoms with E-state index in [1.165, 1.54) is 0 Å². The van der Waals surface area contributed by atoms with Gasteiger partial charge in [0.2, 0.25) is 0 Å². The number of rotatable bonds is 3. The van der Waals surface area contributed by atoms with Crippen LogP contribution in [0.1, 0.15) is 14.4 Å². The summed E-state index contributed by atoms with van der Waals surface area (Å²) in [5, 5.41) is 0. The van der Waals surface area contributed by atoms with Crippen molar-refractivity contribution in [2.45, 2.75) is 14.4 Å². The molecule has 0 aliphatic heterocycles. The van der Waals surface area contributed by atoms with Gasteiger partial charge in [-0.2, -0.15) is 0 Å². The van der Waals surface area contributed by atoms with Crippen LogP contribution in [0.4, 0.5) is 0 Å². The van der Waals surface area contributed by atoms with Crippen molar-refractivity contribution >= 4 is 0 Å². The molecule has 0 spiro atoms. The van der Waals surface area contributed by atoms with Crippen LogP contribution in [0.15, 0.2) is 0 Å². The zero-order valence-electron chi connectivity index (χ0n) is 5.43. The van der Waals surface area contributed by atoms with Gasteiger partial charge in [-0.15, -0.1) is 13.1 Å². The molecular formula is C7H17NV. The van der Waals surface area contributed by atoms with Gasteiger partial charge < -0.3 is 18.7 Å². The molecule has 0 aromatic carbocycles. The fourth-order valence-electron chi connectivity index (χ4n) is 0.428. The van der Waals surface area contributed by atoms with Crippen LogP contribution in [-0.2, 0) is 18.6 Å². The van der Waals surface area contributed by atoms with E-state index in [0.717, 1.165) is 19.6 Å². The summed E-state index contributed by atoms with van der Waals surface area (Å²) in [4.78, 5) is 2.15. The van der Waals surface area contributed by atoms with Gasteiger partial charge in [0.1, 0.15) is 0 Å². The van der Waals surface area contributed by atoms with E-state index in [9.17, 15) is 0 Å². The molecule has 0 unspecified atom stereocenters. The van der Waals surface area contributed by atoms with Crippen molar-refractivity contribution in [1.29, 1.82) is 0 Å². The Hall–Kier alpha value is 0.544. The van der Waals surface area contributed by atoms with E-state index in [0.29, 0.717) is 0 Å². The van der Waals surface area contributed by atoms with Gasteiger partial charge in [0, 0.05) is 0 Å². The van der Waals surface area contributed by atoms with Crippen molar-refractivity contribution in [3.63, 3.8) is 0 Å². The molecular weight excluding hydrogens is 149 g/mol. The third kappa shape index (κ3) is 8.54. The SMILES string of the molecule is C.[CH2-]CN(C[CH2-])CC.[V+2]. The molecule has 1 nitrogen and oxygen atoms in total. The summed E-state index contributed by atoms with van der Waals surface area (Å²) in [6, 6.07) is 0. The van der Waals surface area contributed by atoms with E-state index in [1.54, 1.807) is 0 Å². The van der Waals surface area contributed by atoms with Crippen LogP contribution in [0.2, 0.25) is 0 Å². The first-order valence-corrected chi connectivity index (χ1v) is 2.66. The maximum atomic E-state index is 3.71. The molecule has 0 amide bonds. The predicted octanol–water partition coefficient (Wildman–Crippen LogP) is 1.61. The van der Waals surface area contributed by atoms with E-state index >= 15 is 0 Å². The molecule has 0 saturated heterocycles. The van der Waals surface area contributed by atoms with Crippen LogP contribution in [0.25, 0.3) is 0 Å². The number of hydrogen-bond acceptors (Lipinski definition) is 1. The van der Waals surface area contributed by atoms with Gasteiger partial charge in [0.25, 0.3) is 0 Å². The molecule has 0 atom stereocenters. The molecule has 0 aromatic rings. The van der Waals surface area contributed by atoms with Gasteiger partial charge in [0.15, 0.2) is 0 Å². The summed E-state index contributed by atoms with van der Waals surface area (Å²) in [5.74, 6) is 0. The predicted molar refractivity (Wildman–Crippen MR) is 39.6 cm³/mol. The molecule has 55 valence electrons. The fourth-order valence-corrected chi connectivity index (χ4v) is 0.428. The van der Waals surface area contributed by atoms with Crippen molar-refractivity contribution in [2.24, 2.45) is 0 Å². The Bertz CT molecular complexity index is 30.4. The first kappa shape index (κ1) is 16.3. The summed E-state index contributed by atoms with van der Waals surface area (Å²) < 4.78 is 0. The molecule has 2 heteroatoms. The number of hydrogen-bond donors (Lipinski definition) is 0. The van der Waals surface area contributed by atoms with Gasteiger partial charge in [-0.05, 0) is 6.54 Å². The maximum absolute atomic E-state index is 3.71. The molecule has 0 rings (SSSR count). The van der Waals surface area contributed by atoms with E-state index in [4.69, 9.17) is 0 Å². The summed E-state index contributed by atoms with van der Waals surface area (Å²) >= 11 is 0. The Labute approximate surface area is 71.7 Å². The Morgan fingerprint density at radius 1 is 1.22 bits per heavy atom. The van der Waals surface area contributed by atoms with Crippen molar-refractivity contribution in [1.82, 2.24) is 4.90 Å². The van der Waals surface area contributed by atoms with Gasteiger partial charge in [-0.3, -0.25) is 0 Å². The second kappa shape index (κ2) is 11.4. The zero-order valence-corrected chi connectivity index (χ0v) is 6.83. The zero-order chi connectivity index (χ0) is 5.70. The summed E-state index contributed by atoms with van der Waals surface area (Å²) in [6.07, 6.45) is 0. The van der Waals surface area contributed by atoms with Crippen LogP contribution in [0, 0.1) is 13.8 Å². The minimum absolute atomic E-state index is 0. The van der Waals surface area contributed by atoms with Crippen LogP contribution in [-0.4, -0.2) is 24.5 Å². The maximum Gasteiger partial charge on any atom is 2.00 e. The van der Waals surface area contributed by atoms with E-state index in [1.807, 2.05) is 0 Å². The smallest absolute Gasteiger partial charge is 0.363 e. The average Bonchev–Trinajstić information content (AvgIpc) is 1.72. The van der Waals surface area contributed by atoms with Crippen molar-refractivity contribution in [2.75, 3.05) is 19.6 Å². The molecule has 0 aromatic heterocycles. The Balaban J connectivity index is -0.000000180. The Morgan fingerprint density at radius 3 is 1.56 bits per heavy atom. The number of nitrogens with zero attached hydrogens (tertiary/aromatic N) is 1. The largest absolute Gasteiger partial charge is 2.00 e. The Kier molecular flexibility index (Phi) is 20.5. The van der Waals surface area contributed by atoms with Gasteiger partial charge >= 0.3 is 18.6 Å². The van der Waals surface area contributed by atoms with Crippen LogP contribution in [0.5, 0.6) is 0 Å². The Morgan fingerprint density at radius 2 is 1.56 bits per heavy atom. The molecule has 0 heterocycles. The third-order valence-electron chi connectivity index (χ3n) is 1.08. The molecule has 0 aliphatic rings. The molecule has 0 aliphatic carbocycles. The molecule has 9 heavy (non-hydrogen) atoms. The average molecular weight is 166 g/mol.